The van der Waals surface area contributed by atoms with Gasteiger partial charge in [0.2, 0.25) is 0 Å². The molecule has 1 fully saturated rings. The molecule has 17 heavy (non-hydrogen) atoms. The Labute approximate surface area is 103 Å². The molecule has 4 nitrogen and oxygen atoms in total. The topological polar surface area (TPSA) is 57.9 Å². The Morgan fingerprint density at radius 1 is 1.41 bits per heavy atom. The zero-order valence-electron chi connectivity index (χ0n) is 10.6. The number of nitrogens with one attached hydrogen (secondary N) is 1. The Bertz CT molecular complexity index is 398. The Morgan fingerprint density at radius 3 is 3.12 bits per heavy atom. The van der Waals surface area contributed by atoms with Crippen LogP contribution in [0.1, 0.15) is 61.6 Å². The Balaban J connectivity index is 1.95. The van der Waals surface area contributed by atoms with Gasteiger partial charge >= 0.3 is 0 Å². The van der Waals surface area contributed by atoms with Crippen LogP contribution in [0.5, 0.6) is 0 Å². The summed E-state index contributed by atoms with van der Waals surface area (Å²) in [6.07, 6.45) is 5.94. The third-order valence-corrected chi connectivity index (χ3v) is 4.31. The lowest BCUT2D eigenvalue weighted by Crippen LogP contribution is -2.26. The molecule has 1 saturated heterocycles. The minimum absolute atomic E-state index is 0.201. The largest absolute Gasteiger partial charge is 0.324 e. The van der Waals surface area contributed by atoms with Crippen LogP contribution in [-0.4, -0.2) is 28.2 Å². The number of likely N-dealkylation sites (tertiary alicyclic amines) is 1. The monoisotopic (exact) mass is 234 g/mol. The van der Waals surface area contributed by atoms with E-state index < -0.39 is 0 Å². The highest BCUT2D eigenvalue weighted by Crippen LogP contribution is 2.38. The van der Waals surface area contributed by atoms with Gasteiger partial charge in [0.1, 0.15) is 0 Å². The molecule has 0 amide bonds. The predicted molar refractivity (Wildman–Crippen MR) is 67.7 cm³/mol. The number of aryl methyl sites for hydroxylation is 1. The van der Waals surface area contributed by atoms with E-state index in [-0.39, 0.29) is 6.04 Å². The van der Waals surface area contributed by atoms with Crippen LogP contribution >= 0.6 is 0 Å². The van der Waals surface area contributed by atoms with E-state index in [4.69, 9.17) is 5.73 Å². The third kappa shape index (κ3) is 1.79. The third-order valence-electron chi connectivity index (χ3n) is 4.31. The molecular formula is C13H22N4. The summed E-state index contributed by atoms with van der Waals surface area (Å²) in [5.74, 6) is 0. The summed E-state index contributed by atoms with van der Waals surface area (Å²) in [6, 6.07) is 0.705. The molecule has 0 spiro atoms. The lowest BCUT2D eigenvalue weighted by molar-refractivity contribution is 0.265. The Hall–Kier alpha value is -0.870. The van der Waals surface area contributed by atoms with Gasteiger partial charge in [0.25, 0.3) is 0 Å². The van der Waals surface area contributed by atoms with Crippen molar-refractivity contribution in [1.29, 1.82) is 0 Å². The number of rotatable bonds is 2. The zero-order chi connectivity index (χ0) is 11.8. The minimum Gasteiger partial charge on any atom is -0.324 e. The van der Waals surface area contributed by atoms with Gasteiger partial charge in [-0.05, 0) is 45.2 Å². The molecule has 1 aliphatic heterocycles. The van der Waals surface area contributed by atoms with Crippen molar-refractivity contribution >= 4 is 0 Å². The Kier molecular flexibility index (Phi) is 2.92. The average Bonchev–Trinajstić information content (AvgIpc) is 2.94. The van der Waals surface area contributed by atoms with E-state index in [9.17, 15) is 0 Å². The first-order chi connectivity index (χ1) is 8.31. The van der Waals surface area contributed by atoms with Crippen molar-refractivity contribution in [3.63, 3.8) is 0 Å². The SMILES string of the molecule is CCN1CCC[C@@H]1c1n[nH]c2c1[C@H](N)CCC2. The molecule has 0 unspecified atom stereocenters. The molecule has 1 aromatic heterocycles. The van der Waals surface area contributed by atoms with Gasteiger partial charge in [-0.15, -0.1) is 0 Å². The molecule has 2 aliphatic rings. The second-order valence-corrected chi connectivity index (χ2v) is 5.29. The van der Waals surface area contributed by atoms with Crippen molar-refractivity contribution in [1.82, 2.24) is 15.1 Å². The number of aromatic amines is 1. The van der Waals surface area contributed by atoms with Gasteiger partial charge in [0.05, 0.1) is 11.7 Å². The van der Waals surface area contributed by atoms with E-state index in [1.807, 2.05) is 0 Å². The molecule has 0 radical (unpaired) electrons. The number of nitrogens with zero attached hydrogens (tertiary/aromatic N) is 2. The van der Waals surface area contributed by atoms with E-state index >= 15 is 0 Å². The molecule has 3 rings (SSSR count). The van der Waals surface area contributed by atoms with Crippen molar-refractivity contribution in [2.45, 2.75) is 51.1 Å². The zero-order valence-corrected chi connectivity index (χ0v) is 10.6. The van der Waals surface area contributed by atoms with Gasteiger partial charge in [-0.25, -0.2) is 0 Å². The maximum atomic E-state index is 6.27. The average molecular weight is 234 g/mol. The minimum atomic E-state index is 0.201. The van der Waals surface area contributed by atoms with E-state index in [0.717, 1.165) is 19.4 Å². The lowest BCUT2D eigenvalue weighted by Gasteiger charge is -2.25. The molecule has 1 aromatic rings. The standard InChI is InChI=1S/C13H22N4/c1-2-17-8-4-7-11(17)13-12-9(14)5-3-6-10(12)15-16-13/h9,11H,2-8,14H2,1H3,(H,15,16)/t9-,11-/m1/s1. The quantitative estimate of drug-likeness (QED) is 0.821. The number of aromatic nitrogens is 2. The van der Waals surface area contributed by atoms with E-state index in [0.29, 0.717) is 6.04 Å². The molecule has 0 saturated carbocycles. The first-order valence-electron chi connectivity index (χ1n) is 6.88. The van der Waals surface area contributed by atoms with Crippen LogP contribution in [0.3, 0.4) is 0 Å². The van der Waals surface area contributed by atoms with Crippen LogP contribution < -0.4 is 5.73 Å². The summed E-state index contributed by atoms with van der Waals surface area (Å²) >= 11 is 0. The highest BCUT2D eigenvalue weighted by Gasteiger charge is 2.32. The second-order valence-electron chi connectivity index (χ2n) is 5.29. The number of hydrogen-bond donors (Lipinski definition) is 2. The number of nitrogens with two attached hydrogens (primary N) is 1. The molecule has 2 atom stereocenters. The van der Waals surface area contributed by atoms with Gasteiger partial charge < -0.3 is 5.73 Å². The first-order valence-corrected chi connectivity index (χ1v) is 6.88. The van der Waals surface area contributed by atoms with Crippen molar-refractivity contribution < 1.29 is 0 Å². The predicted octanol–water partition coefficient (Wildman–Crippen LogP) is 1.90. The van der Waals surface area contributed by atoms with E-state index in [2.05, 4.69) is 22.0 Å². The molecular weight excluding hydrogens is 212 g/mol. The number of hydrogen-bond acceptors (Lipinski definition) is 3. The maximum Gasteiger partial charge on any atom is 0.0844 e. The van der Waals surface area contributed by atoms with Gasteiger partial charge in [-0.3, -0.25) is 10.00 Å². The van der Waals surface area contributed by atoms with Crippen LogP contribution in [0.4, 0.5) is 0 Å². The molecule has 0 bridgehead atoms. The highest BCUT2D eigenvalue weighted by atomic mass is 15.2. The van der Waals surface area contributed by atoms with Crippen LogP contribution in [0, 0.1) is 0 Å². The van der Waals surface area contributed by atoms with Crippen LogP contribution in [0.2, 0.25) is 0 Å². The maximum absolute atomic E-state index is 6.27. The summed E-state index contributed by atoms with van der Waals surface area (Å²) in [6.45, 7) is 4.55. The van der Waals surface area contributed by atoms with E-state index in [1.54, 1.807) is 0 Å². The van der Waals surface area contributed by atoms with Crippen molar-refractivity contribution in [2.75, 3.05) is 13.1 Å². The Morgan fingerprint density at radius 2 is 2.29 bits per heavy atom. The highest BCUT2D eigenvalue weighted by molar-refractivity contribution is 5.33. The summed E-state index contributed by atoms with van der Waals surface area (Å²) < 4.78 is 0. The molecule has 0 aromatic carbocycles. The molecule has 1 aliphatic carbocycles. The smallest absolute Gasteiger partial charge is 0.0844 e. The molecule has 2 heterocycles. The van der Waals surface area contributed by atoms with E-state index in [1.165, 1.54) is 42.8 Å². The van der Waals surface area contributed by atoms with Crippen molar-refractivity contribution in [3.8, 4) is 0 Å². The fourth-order valence-electron chi connectivity index (χ4n) is 3.42. The van der Waals surface area contributed by atoms with Crippen molar-refractivity contribution in [2.24, 2.45) is 5.73 Å². The number of H-pyrrole nitrogens is 1. The molecule has 94 valence electrons. The summed E-state index contributed by atoms with van der Waals surface area (Å²) in [5, 5.41) is 7.80. The molecule has 3 N–H and O–H groups in total. The van der Waals surface area contributed by atoms with Gasteiger partial charge in [-0.1, -0.05) is 6.92 Å². The van der Waals surface area contributed by atoms with Crippen LogP contribution in [0.25, 0.3) is 0 Å². The second kappa shape index (κ2) is 4.42. The van der Waals surface area contributed by atoms with Crippen LogP contribution in [0.15, 0.2) is 0 Å². The fourth-order valence-corrected chi connectivity index (χ4v) is 3.42. The fraction of sp³-hybridized carbons (Fsp3) is 0.769. The normalized spacial score (nSPS) is 29.5. The van der Waals surface area contributed by atoms with Gasteiger partial charge in [0.15, 0.2) is 0 Å². The lowest BCUT2D eigenvalue weighted by atomic mass is 9.89. The van der Waals surface area contributed by atoms with Gasteiger partial charge in [-0.2, -0.15) is 5.10 Å². The number of fused-ring (bicyclic) bond motifs is 1. The summed E-state index contributed by atoms with van der Waals surface area (Å²) in [7, 11) is 0. The first kappa shape index (κ1) is 11.2. The van der Waals surface area contributed by atoms with Gasteiger partial charge in [0, 0.05) is 17.3 Å². The summed E-state index contributed by atoms with van der Waals surface area (Å²) in [4.78, 5) is 2.53. The van der Waals surface area contributed by atoms with Crippen molar-refractivity contribution in [3.05, 3.63) is 17.0 Å². The van der Waals surface area contributed by atoms with Crippen LogP contribution in [-0.2, 0) is 6.42 Å². The summed E-state index contributed by atoms with van der Waals surface area (Å²) in [5.41, 5.74) is 10.1. The molecule has 4 heteroatoms.